The summed E-state index contributed by atoms with van der Waals surface area (Å²) in [6.07, 6.45) is 4.30. The quantitative estimate of drug-likeness (QED) is 0.581. The second kappa shape index (κ2) is 3.14. The molecule has 0 radical (unpaired) electrons. The van der Waals surface area contributed by atoms with Crippen molar-refractivity contribution < 1.29 is 4.79 Å². The molecule has 0 aliphatic rings. The Bertz CT molecular complexity index is 657. The summed E-state index contributed by atoms with van der Waals surface area (Å²) in [4.78, 5) is 15.0. The SMILES string of the molecule is O=Cc1cncc2sc3ccccc3c12. The molecule has 2 heterocycles. The molecule has 0 aliphatic carbocycles. The number of pyridine rings is 1. The largest absolute Gasteiger partial charge is 0.298 e. The molecule has 72 valence electrons. The Morgan fingerprint density at radius 3 is 2.87 bits per heavy atom. The summed E-state index contributed by atoms with van der Waals surface area (Å²) in [6, 6.07) is 8.10. The van der Waals surface area contributed by atoms with Gasteiger partial charge in [0.25, 0.3) is 0 Å². The van der Waals surface area contributed by atoms with E-state index in [0.29, 0.717) is 5.56 Å². The molecule has 3 heteroatoms. The van der Waals surface area contributed by atoms with Gasteiger partial charge in [0.15, 0.2) is 6.29 Å². The molecule has 2 aromatic heterocycles. The molecule has 0 fully saturated rings. The van der Waals surface area contributed by atoms with Crippen molar-refractivity contribution in [3.05, 3.63) is 42.2 Å². The van der Waals surface area contributed by atoms with Crippen LogP contribution >= 0.6 is 11.3 Å². The van der Waals surface area contributed by atoms with E-state index in [1.165, 1.54) is 4.70 Å². The van der Waals surface area contributed by atoms with E-state index in [-0.39, 0.29) is 0 Å². The molecule has 0 saturated heterocycles. The van der Waals surface area contributed by atoms with Crippen LogP contribution in [-0.2, 0) is 0 Å². The predicted octanol–water partition coefficient (Wildman–Crippen LogP) is 3.26. The lowest BCUT2D eigenvalue weighted by atomic mass is 10.1. The molecule has 0 atom stereocenters. The number of aldehydes is 1. The lowest BCUT2D eigenvalue weighted by molar-refractivity contribution is 0.112. The minimum Gasteiger partial charge on any atom is -0.298 e. The van der Waals surface area contributed by atoms with Crippen LogP contribution in [0.3, 0.4) is 0 Å². The van der Waals surface area contributed by atoms with Crippen molar-refractivity contribution in [1.82, 2.24) is 4.98 Å². The van der Waals surface area contributed by atoms with Crippen molar-refractivity contribution in [1.29, 1.82) is 0 Å². The standard InChI is InChI=1S/C12H7NOS/c14-7-8-5-13-6-11-12(8)9-3-1-2-4-10(9)15-11/h1-7H. The molecule has 0 bridgehead atoms. The molecule has 0 spiro atoms. The number of rotatable bonds is 1. The van der Waals surface area contributed by atoms with Crippen molar-refractivity contribution in [3.8, 4) is 0 Å². The molecule has 0 N–H and O–H groups in total. The Balaban J connectivity index is 2.62. The molecule has 2 nitrogen and oxygen atoms in total. The number of carbonyl (C=O) groups excluding carboxylic acids is 1. The molecule has 0 amide bonds. The van der Waals surface area contributed by atoms with Gasteiger partial charge in [-0.3, -0.25) is 9.78 Å². The Kier molecular flexibility index (Phi) is 1.79. The molecule has 0 aliphatic heterocycles. The number of hydrogen-bond donors (Lipinski definition) is 0. The summed E-state index contributed by atoms with van der Waals surface area (Å²) >= 11 is 1.67. The maximum absolute atomic E-state index is 10.9. The third-order valence-electron chi connectivity index (χ3n) is 2.44. The maximum Gasteiger partial charge on any atom is 0.152 e. The number of hydrogen-bond acceptors (Lipinski definition) is 3. The van der Waals surface area contributed by atoms with Gasteiger partial charge in [-0.05, 0) is 6.07 Å². The summed E-state index contributed by atoms with van der Waals surface area (Å²) in [7, 11) is 0. The fraction of sp³-hybridized carbons (Fsp3) is 0. The molecule has 3 aromatic rings. The van der Waals surface area contributed by atoms with Gasteiger partial charge in [0.05, 0.1) is 4.70 Å². The molecule has 1 aromatic carbocycles. The summed E-state index contributed by atoms with van der Waals surface area (Å²) in [5, 5.41) is 2.17. The minimum absolute atomic E-state index is 0.671. The highest BCUT2D eigenvalue weighted by Crippen LogP contribution is 2.34. The third kappa shape index (κ3) is 1.17. The molecule has 15 heavy (non-hydrogen) atoms. The first kappa shape index (κ1) is 8.56. The molecular formula is C12H7NOS. The molecular weight excluding hydrogens is 206 g/mol. The monoisotopic (exact) mass is 213 g/mol. The first-order valence-corrected chi connectivity index (χ1v) is 5.42. The summed E-state index contributed by atoms with van der Waals surface area (Å²) in [5.41, 5.74) is 0.671. The number of benzene rings is 1. The van der Waals surface area contributed by atoms with Gasteiger partial charge in [0, 0.05) is 33.4 Å². The van der Waals surface area contributed by atoms with Crippen LogP contribution in [0.25, 0.3) is 20.2 Å². The first-order chi connectivity index (χ1) is 7.40. The van der Waals surface area contributed by atoms with E-state index in [9.17, 15) is 4.79 Å². The Hall–Kier alpha value is -1.74. The zero-order valence-corrected chi connectivity index (χ0v) is 8.62. The number of thiophene rings is 1. The highest BCUT2D eigenvalue weighted by atomic mass is 32.1. The zero-order valence-electron chi connectivity index (χ0n) is 7.81. The van der Waals surface area contributed by atoms with E-state index >= 15 is 0 Å². The normalized spacial score (nSPS) is 10.9. The van der Waals surface area contributed by atoms with Crippen LogP contribution in [0, 0.1) is 0 Å². The highest BCUT2D eigenvalue weighted by molar-refractivity contribution is 7.25. The van der Waals surface area contributed by atoms with E-state index in [1.807, 2.05) is 24.4 Å². The Labute approximate surface area is 90.2 Å². The summed E-state index contributed by atoms with van der Waals surface area (Å²) in [5.74, 6) is 0. The van der Waals surface area contributed by atoms with Gasteiger partial charge in [0.2, 0.25) is 0 Å². The highest BCUT2D eigenvalue weighted by Gasteiger charge is 2.08. The van der Waals surface area contributed by atoms with Gasteiger partial charge in [-0.1, -0.05) is 18.2 Å². The van der Waals surface area contributed by atoms with E-state index < -0.39 is 0 Å². The fourth-order valence-corrected chi connectivity index (χ4v) is 2.90. The van der Waals surface area contributed by atoms with E-state index in [1.54, 1.807) is 17.5 Å². The molecule has 0 unspecified atom stereocenters. The maximum atomic E-state index is 10.9. The second-order valence-corrected chi connectivity index (χ2v) is 4.40. The van der Waals surface area contributed by atoms with Crippen LogP contribution < -0.4 is 0 Å². The minimum atomic E-state index is 0.671. The van der Waals surface area contributed by atoms with Gasteiger partial charge in [-0.15, -0.1) is 11.3 Å². The predicted molar refractivity (Wildman–Crippen MR) is 62.5 cm³/mol. The van der Waals surface area contributed by atoms with Crippen LogP contribution in [0.1, 0.15) is 10.4 Å². The topological polar surface area (TPSA) is 30.0 Å². The summed E-state index contributed by atoms with van der Waals surface area (Å²) in [6.45, 7) is 0. The molecule has 0 saturated carbocycles. The lowest BCUT2D eigenvalue weighted by Crippen LogP contribution is -1.82. The van der Waals surface area contributed by atoms with Crippen molar-refractivity contribution in [2.24, 2.45) is 0 Å². The summed E-state index contributed by atoms with van der Waals surface area (Å²) < 4.78 is 2.27. The average molecular weight is 213 g/mol. The van der Waals surface area contributed by atoms with Crippen molar-refractivity contribution in [2.45, 2.75) is 0 Å². The van der Waals surface area contributed by atoms with Crippen LogP contribution in [-0.4, -0.2) is 11.3 Å². The van der Waals surface area contributed by atoms with Gasteiger partial charge >= 0.3 is 0 Å². The van der Waals surface area contributed by atoms with E-state index in [0.717, 1.165) is 21.8 Å². The van der Waals surface area contributed by atoms with Crippen LogP contribution in [0.15, 0.2) is 36.7 Å². The number of nitrogens with zero attached hydrogens (tertiary/aromatic N) is 1. The number of fused-ring (bicyclic) bond motifs is 3. The van der Waals surface area contributed by atoms with E-state index in [4.69, 9.17) is 0 Å². The number of carbonyl (C=O) groups is 1. The van der Waals surface area contributed by atoms with Crippen molar-refractivity contribution in [3.63, 3.8) is 0 Å². The Morgan fingerprint density at radius 1 is 1.13 bits per heavy atom. The first-order valence-electron chi connectivity index (χ1n) is 4.60. The third-order valence-corrected chi connectivity index (χ3v) is 3.55. The molecule has 3 rings (SSSR count). The van der Waals surface area contributed by atoms with Gasteiger partial charge < -0.3 is 0 Å². The van der Waals surface area contributed by atoms with Crippen LogP contribution in [0.2, 0.25) is 0 Å². The van der Waals surface area contributed by atoms with Gasteiger partial charge in [-0.25, -0.2) is 0 Å². The lowest BCUT2D eigenvalue weighted by Gasteiger charge is -1.93. The van der Waals surface area contributed by atoms with Crippen molar-refractivity contribution in [2.75, 3.05) is 0 Å². The number of aromatic nitrogens is 1. The second-order valence-electron chi connectivity index (χ2n) is 3.32. The van der Waals surface area contributed by atoms with Gasteiger partial charge in [0.1, 0.15) is 0 Å². The Morgan fingerprint density at radius 2 is 2.00 bits per heavy atom. The van der Waals surface area contributed by atoms with Crippen LogP contribution in [0.5, 0.6) is 0 Å². The fourth-order valence-electron chi connectivity index (χ4n) is 1.79. The van der Waals surface area contributed by atoms with Gasteiger partial charge in [-0.2, -0.15) is 0 Å². The smallest absolute Gasteiger partial charge is 0.152 e. The zero-order chi connectivity index (χ0) is 10.3. The van der Waals surface area contributed by atoms with Crippen LogP contribution in [0.4, 0.5) is 0 Å². The average Bonchev–Trinajstić information content (AvgIpc) is 2.67. The van der Waals surface area contributed by atoms with Crippen molar-refractivity contribution >= 4 is 37.8 Å². The van der Waals surface area contributed by atoms with E-state index in [2.05, 4.69) is 11.1 Å².